The number of fused-ring (bicyclic) bond motifs is 2. The highest BCUT2D eigenvalue weighted by Gasteiger charge is 2.37. The summed E-state index contributed by atoms with van der Waals surface area (Å²) in [6, 6.07) is 5.54. The second kappa shape index (κ2) is 5.72. The summed E-state index contributed by atoms with van der Waals surface area (Å²) in [6.45, 7) is 6.94. The molecular weight excluding hydrogens is 240 g/mol. The maximum Gasteiger partial charge on any atom is 0.0331 e. The van der Waals surface area contributed by atoms with Gasteiger partial charge in [0.05, 0.1) is 0 Å². The lowest BCUT2D eigenvalue weighted by atomic mass is 10.1. The van der Waals surface area contributed by atoms with Crippen molar-refractivity contribution < 1.29 is 0 Å². The van der Waals surface area contributed by atoms with Gasteiger partial charge >= 0.3 is 0 Å². The van der Waals surface area contributed by atoms with Gasteiger partial charge in [-0.05, 0) is 50.3 Å². The van der Waals surface area contributed by atoms with Crippen molar-refractivity contribution in [2.45, 2.75) is 51.7 Å². The zero-order chi connectivity index (χ0) is 12.4. The van der Waals surface area contributed by atoms with Crippen molar-refractivity contribution in [2.24, 2.45) is 5.92 Å². The van der Waals surface area contributed by atoms with E-state index in [-0.39, 0.29) is 0 Å². The highest BCUT2D eigenvalue weighted by atomic mass is 32.1. The normalized spacial score (nSPS) is 27.2. The van der Waals surface area contributed by atoms with Crippen LogP contribution in [0.25, 0.3) is 0 Å². The smallest absolute Gasteiger partial charge is 0.0331 e. The molecule has 0 radical (unpaired) electrons. The topological polar surface area (TPSA) is 15.3 Å². The lowest BCUT2D eigenvalue weighted by Crippen LogP contribution is -2.31. The Kier molecular flexibility index (Phi) is 4.02. The molecule has 2 aliphatic rings. The van der Waals surface area contributed by atoms with Gasteiger partial charge in [-0.25, -0.2) is 0 Å². The number of piperidine rings is 1. The largest absolute Gasteiger partial charge is 0.312 e. The predicted molar refractivity (Wildman–Crippen MR) is 77.9 cm³/mol. The fourth-order valence-corrected chi connectivity index (χ4v) is 4.42. The molecule has 2 unspecified atom stereocenters. The first-order chi connectivity index (χ1) is 8.85. The maximum atomic E-state index is 3.48. The van der Waals surface area contributed by atoms with Gasteiger partial charge in [-0.15, -0.1) is 11.3 Å². The molecule has 1 aromatic heterocycles. The lowest BCUT2D eigenvalue weighted by Gasteiger charge is -2.25. The average molecular weight is 264 g/mol. The molecule has 2 atom stereocenters. The number of rotatable bonds is 6. The van der Waals surface area contributed by atoms with E-state index in [1.54, 1.807) is 4.88 Å². The molecule has 2 fully saturated rings. The SMILES string of the molecule is CCCNCc1ccc(CN2CC3CCC2C3)s1. The second-order valence-corrected chi connectivity index (χ2v) is 7.06. The Morgan fingerprint density at radius 1 is 1.33 bits per heavy atom. The van der Waals surface area contributed by atoms with Gasteiger partial charge in [-0.2, -0.15) is 0 Å². The first kappa shape index (κ1) is 12.6. The van der Waals surface area contributed by atoms with E-state index >= 15 is 0 Å². The van der Waals surface area contributed by atoms with E-state index in [4.69, 9.17) is 0 Å². The Bertz CT molecular complexity index is 388. The molecule has 2 bridgehead atoms. The predicted octanol–water partition coefficient (Wildman–Crippen LogP) is 3.23. The number of nitrogens with one attached hydrogen (secondary N) is 1. The van der Waals surface area contributed by atoms with E-state index in [0.29, 0.717) is 0 Å². The maximum absolute atomic E-state index is 3.48. The van der Waals surface area contributed by atoms with Crippen LogP contribution in [0, 0.1) is 5.92 Å². The molecule has 1 saturated carbocycles. The third-order valence-electron chi connectivity index (χ3n) is 4.32. The molecule has 0 amide bonds. The molecule has 1 saturated heterocycles. The van der Waals surface area contributed by atoms with Crippen LogP contribution in [0.5, 0.6) is 0 Å². The summed E-state index contributed by atoms with van der Waals surface area (Å²) in [6.07, 6.45) is 5.62. The number of thiophene rings is 1. The Labute approximate surface area is 114 Å². The molecule has 100 valence electrons. The van der Waals surface area contributed by atoms with Crippen molar-refractivity contribution in [3.05, 3.63) is 21.9 Å². The summed E-state index contributed by atoms with van der Waals surface area (Å²) < 4.78 is 0. The molecule has 3 heteroatoms. The van der Waals surface area contributed by atoms with E-state index in [2.05, 4.69) is 29.3 Å². The zero-order valence-corrected chi connectivity index (χ0v) is 12.1. The van der Waals surface area contributed by atoms with Crippen LogP contribution in [-0.4, -0.2) is 24.0 Å². The van der Waals surface area contributed by atoms with Gasteiger partial charge in [-0.1, -0.05) is 6.92 Å². The summed E-state index contributed by atoms with van der Waals surface area (Å²) in [5.41, 5.74) is 0. The van der Waals surface area contributed by atoms with Gasteiger partial charge in [0.25, 0.3) is 0 Å². The summed E-state index contributed by atoms with van der Waals surface area (Å²) in [5.74, 6) is 1.01. The van der Waals surface area contributed by atoms with Crippen LogP contribution in [0.15, 0.2) is 12.1 Å². The highest BCUT2D eigenvalue weighted by Crippen LogP contribution is 2.38. The number of hydrogen-bond donors (Lipinski definition) is 1. The van der Waals surface area contributed by atoms with Crippen LogP contribution < -0.4 is 5.32 Å². The standard InChI is InChI=1S/C15H24N2S/c1-2-7-16-9-14-5-6-15(18-14)11-17-10-12-3-4-13(17)8-12/h5-6,12-13,16H,2-4,7-11H2,1H3. The van der Waals surface area contributed by atoms with Crippen molar-refractivity contribution >= 4 is 11.3 Å². The van der Waals surface area contributed by atoms with Crippen LogP contribution in [-0.2, 0) is 13.1 Å². The Morgan fingerprint density at radius 3 is 2.94 bits per heavy atom. The Balaban J connectivity index is 1.51. The molecule has 2 heterocycles. The fourth-order valence-electron chi connectivity index (χ4n) is 3.41. The molecule has 3 rings (SSSR count). The molecule has 1 aromatic rings. The minimum absolute atomic E-state index is 0.902. The van der Waals surface area contributed by atoms with Crippen molar-refractivity contribution in [1.82, 2.24) is 10.2 Å². The molecule has 1 aliphatic carbocycles. The van der Waals surface area contributed by atoms with Crippen molar-refractivity contribution in [2.75, 3.05) is 13.1 Å². The minimum Gasteiger partial charge on any atom is -0.312 e. The Morgan fingerprint density at radius 2 is 2.22 bits per heavy atom. The molecule has 1 N–H and O–H groups in total. The van der Waals surface area contributed by atoms with Crippen molar-refractivity contribution in [3.63, 3.8) is 0 Å². The molecule has 0 aromatic carbocycles. The quantitative estimate of drug-likeness (QED) is 0.794. The van der Waals surface area contributed by atoms with Gasteiger partial charge in [-0.3, -0.25) is 4.90 Å². The average Bonchev–Trinajstić information content (AvgIpc) is 3.06. The number of likely N-dealkylation sites (tertiary alicyclic amines) is 1. The van der Waals surface area contributed by atoms with E-state index in [9.17, 15) is 0 Å². The molecular formula is C15H24N2S. The van der Waals surface area contributed by atoms with Crippen LogP contribution in [0.3, 0.4) is 0 Å². The first-order valence-electron chi connectivity index (χ1n) is 7.37. The van der Waals surface area contributed by atoms with Gasteiger partial charge in [0.15, 0.2) is 0 Å². The van der Waals surface area contributed by atoms with E-state index < -0.39 is 0 Å². The molecule has 0 spiro atoms. The van der Waals surface area contributed by atoms with Gasteiger partial charge < -0.3 is 5.32 Å². The highest BCUT2D eigenvalue weighted by molar-refractivity contribution is 7.11. The fraction of sp³-hybridized carbons (Fsp3) is 0.733. The summed E-state index contributed by atoms with van der Waals surface area (Å²) in [4.78, 5) is 5.75. The zero-order valence-electron chi connectivity index (χ0n) is 11.3. The molecule has 18 heavy (non-hydrogen) atoms. The van der Waals surface area contributed by atoms with Gasteiger partial charge in [0.1, 0.15) is 0 Å². The summed E-state index contributed by atoms with van der Waals surface area (Å²) in [5, 5.41) is 3.48. The third kappa shape index (κ3) is 2.79. The van der Waals surface area contributed by atoms with E-state index in [0.717, 1.165) is 25.0 Å². The van der Waals surface area contributed by atoms with E-state index in [1.807, 2.05) is 11.3 Å². The summed E-state index contributed by atoms with van der Waals surface area (Å²) >= 11 is 1.99. The van der Waals surface area contributed by atoms with Crippen LogP contribution in [0.2, 0.25) is 0 Å². The minimum atomic E-state index is 0.902. The monoisotopic (exact) mass is 264 g/mol. The number of hydrogen-bond acceptors (Lipinski definition) is 3. The second-order valence-electron chi connectivity index (χ2n) is 5.81. The summed E-state index contributed by atoms with van der Waals surface area (Å²) in [7, 11) is 0. The van der Waals surface area contributed by atoms with Crippen LogP contribution in [0.4, 0.5) is 0 Å². The van der Waals surface area contributed by atoms with Crippen LogP contribution in [0.1, 0.15) is 42.4 Å². The number of nitrogens with zero attached hydrogens (tertiary/aromatic N) is 1. The van der Waals surface area contributed by atoms with Crippen molar-refractivity contribution in [3.8, 4) is 0 Å². The van der Waals surface area contributed by atoms with Crippen LogP contribution >= 0.6 is 11.3 Å². The molecule has 2 nitrogen and oxygen atoms in total. The van der Waals surface area contributed by atoms with Gasteiger partial charge in [0, 0.05) is 35.4 Å². The first-order valence-corrected chi connectivity index (χ1v) is 8.19. The lowest BCUT2D eigenvalue weighted by molar-refractivity contribution is 0.207. The van der Waals surface area contributed by atoms with Crippen molar-refractivity contribution in [1.29, 1.82) is 0 Å². The third-order valence-corrected chi connectivity index (χ3v) is 5.39. The van der Waals surface area contributed by atoms with E-state index in [1.165, 1.54) is 43.6 Å². The van der Waals surface area contributed by atoms with Gasteiger partial charge in [0.2, 0.25) is 0 Å². The molecule has 1 aliphatic heterocycles. The Hall–Kier alpha value is -0.380.